The second-order valence-corrected chi connectivity index (χ2v) is 5.28. The molecule has 1 aromatic rings. The van der Waals surface area contributed by atoms with Crippen molar-refractivity contribution in [1.82, 2.24) is 4.98 Å². The summed E-state index contributed by atoms with van der Waals surface area (Å²) >= 11 is 0. The molecule has 0 fully saturated rings. The van der Waals surface area contributed by atoms with Gasteiger partial charge in [-0.15, -0.1) is 0 Å². The van der Waals surface area contributed by atoms with Gasteiger partial charge in [0, 0.05) is 18.5 Å². The van der Waals surface area contributed by atoms with Crippen molar-refractivity contribution in [2.24, 2.45) is 5.41 Å². The van der Waals surface area contributed by atoms with E-state index < -0.39 is 5.41 Å². The van der Waals surface area contributed by atoms with Gasteiger partial charge in [0.1, 0.15) is 5.82 Å². The molecular weight excluding hydrogens is 226 g/mol. The number of carbonyl (C=O) groups excluding carboxylic acids is 1. The minimum atomic E-state index is -0.391. The molecule has 0 unspecified atom stereocenters. The van der Waals surface area contributed by atoms with E-state index in [4.69, 9.17) is 0 Å². The van der Waals surface area contributed by atoms with Gasteiger partial charge in [-0.05, 0) is 26.0 Å². The highest BCUT2D eigenvalue weighted by molar-refractivity contribution is 5.94. The Morgan fingerprint density at radius 1 is 1.28 bits per heavy atom. The van der Waals surface area contributed by atoms with Crippen LogP contribution in [0.4, 0.5) is 11.5 Å². The van der Waals surface area contributed by atoms with Crippen LogP contribution in [0.2, 0.25) is 0 Å². The Bertz CT molecular complexity index is 388. The fourth-order valence-corrected chi connectivity index (χ4v) is 1.51. The molecule has 18 heavy (non-hydrogen) atoms. The van der Waals surface area contributed by atoms with Crippen molar-refractivity contribution in [2.45, 2.75) is 34.6 Å². The molecule has 0 spiro atoms. The second-order valence-electron chi connectivity index (χ2n) is 5.28. The van der Waals surface area contributed by atoms with Crippen LogP contribution >= 0.6 is 0 Å². The molecule has 0 aliphatic heterocycles. The molecule has 1 rings (SSSR count). The number of pyridine rings is 1. The Kier molecular flexibility index (Phi) is 4.70. The normalized spacial score (nSPS) is 11.2. The average Bonchev–Trinajstić information content (AvgIpc) is 2.31. The van der Waals surface area contributed by atoms with E-state index in [0.29, 0.717) is 0 Å². The number of anilines is 2. The maximum Gasteiger partial charge on any atom is 0.229 e. The fraction of sp³-hybridized carbons (Fsp3) is 0.571. The van der Waals surface area contributed by atoms with E-state index in [1.807, 2.05) is 32.9 Å². The first-order chi connectivity index (χ1) is 8.38. The molecule has 100 valence electrons. The lowest BCUT2D eigenvalue weighted by atomic mass is 9.96. The Morgan fingerprint density at radius 2 is 1.89 bits per heavy atom. The van der Waals surface area contributed by atoms with Crippen molar-refractivity contribution in [2.75, 3.05) is 23.3 Å². The maximum atomic E-state index is 11.8. The van der Waals surface area contributed by atoms with Gasteiger partial charge in [-0.1, -0.05) is 20.8 Å². The topological polar surface area (TPSA) is 45.2 Å². The lowest BCUT2D eigenvalue weighted by Crippen LogP contribution is -2.28. The van der Waals surface area contributed by atoms with Crippen molar-refractivity contribution >= 4 is 17.4 Å². The van der Waals surface area contributed by atoms with Crippen LogP contribution in [0.15, 0.2) is 18.3 Å². The van der Waals surface area contributed by atoms with Gasteiger partial charge in [-0.3, -0.25) is 4.79 Å². The molecule has 1 amide bonds. The zero-order valence-corrected chi connectivity index (χ0v) is 11.9. The third-order valence-corrected chi connectivity index (χ3v) is 2.77. The zero-order chi connectivity index (χ0) is 13.8. The van der Waals surface area contributed by atoms with Gasteiger partial charge < -0.3 is 10.2 Å². The highest BCUT2D eigenvalue weighted by Crippen LogP contribution is 2.18. The number of hydrogen-bond donors (Lipinski definition) is 1. The second kappa shape index (κ2) is 5.85. The predicted molar refractivity (Wildman–Crippen MR) is 75.9 cm³/mol. The molecule has 0 atom stereocenters. The monoisotopic (exact) mass is 249 g/mol. The van der Waals surface area contributed by atoms with E-state index in [-0.39, 0.29) is 5.91 Å². The molecule has 1 heterocycles. The Morgan fingerprint density at radius 3 is 2.28 bits per heavy atom. The minimum Gasteiger partial charge on any atom is -0.357 e. The number of rotatable bonds is 4. The Labute approximate surface area is 109 Å². The minimum absolute atomic E-state index is 0.000103. The van der Waals surface area contributed by atoms with Gasteiger partial charge in [-0.2, -0.15) is 0 Å². The molecular formula is C14H23N3O. The third kappa shape index (κ3) is 3.72. The largest absolute Gasteiger partial charge is 0.357 e. The maximum absolute atomic E-state index is 11.8. The van der Waals surface area contributed by atoms with Gasteiger partial charge in [0.25, 0.3) is 0 Å². The van der Waals surface area contributed by atoms with Crippen LogP contribution in [0.25, 0.3) is 0 Å². The summed E-state index contributed by atoms with van der Waals surface area (Å²) in [5, 5.41) is 2.86. The highest BCUT2D eigenvalue weighted by atomic mass is 16.2. The molecule has 0 aromatic carbocycles. The smallest absolute Gasteiger partial charge is 0.229 e. The summed E-state index contributed by atoms with van der Waals surface area (Å²) in [6.07, 6.45) is 1.71. The molecule has 1 N–H and O–H groups in total. The van der Waals surface area contributed by atoms with E-state index in [9.17, 15) is 4.79 Å². The number of nitrogens with zero attached hydrogens (tertiary/aromatic N) is 2. The van der Waals surface area contributed by atoms with Crippen molar-refractivity contribution < 1.29 is 4.79 Å². The van der Waals surface area contributed by atoms with Crippen LogP contribution in [0, 0.1) is 5.41 Å². The first-order valence-corrected chi connectivity index (χ1v) is 6.41. The summed E-state index contributed by atoms with van der Waals surface area (Å²) in [4.78, 5) is 18.3. The number of hydrogen-bond acceptors (Lipinski definition) is 3. The van der Waals surface area contributed by atoms with Crippen molar-refractivity contribution in [3.8, 4) is 0 Å². The molecule has 0 saturated heterocycles. The Balaban J connectivity index is 2.75. The summed E-state index contributed by atoms with van der Waals surface area (Å²) in [6.45, 7) is 11.7. The van der Waals surface area contributed by atoms with Crippen LogP contribution in [-0.2, 0) is 4.79 Å². The standard InChI is InChI=1S/C14H23N3O/c1-6-17(7-2)12-9-8-11(10-15-12)16-13(18)14(3,4)5/h8-10H,6-7H2,1-5H3,(H,16,18). The Hall–Kier alpha value is -1.58. The summed E-state index contributed by atoms with van der Waals surface area (Å²) in [5.74, 6) is 0.939. The average molecular weight is 249 g/mol. The molecule has 0 radical (unpaired) electrons. The molecule has 0 aliphatic rings. The van der Waals surface area contributed by atoms with Crippen LogP contribution < -0.4 is 10.2 Å². The summed E-state index contributed by atoms with van der Waals surface area (Å²) in [7, 11) is 0. The van der Waals surface area contributed by atoms with Crippen molar-refractivity contribution in [1.29, 1.82) is 0 Å². The summed E-state index contributed by atoms with van der Waals surface area (Å²) < 4.78 is 0. The van der Waals surface area contributed by atoms with Crippen LogP contribution in [0.1, 0.15) is 34.6 Å². The van der Waals surface area contributed by atoms with E-state index in [0.717, 1.165) is 24.6 Å². The molecule has 0 saturated carbocycles. The van der Waals surface area contributed by atoms with Gasteiger partial charge in [-0.25, -0.2) is 4.98 Å². The van der Waals surface area contributed by atoms with E-state index in [1.165, 1.54) is 0 Å². The number of nitrogens with one attached hydrogen (secondary N) is 1. The van der Waals surface area contributed by atoms with Gasteiger partial charge in [0.2, 0.25) is 5.91 Å². The summed E-state index contributed by atoms with van der Waals surface area (Å²) in [5.41, 5.74) is 0.350. The lowest BCUT2D eigenvalue weighted by Gasteiger charge is -2.20. The zero-order valence-electron chi connectivity index (χ0n) is 11.9. The van der Waals surface area contributed by atoms with Crippen LogP contribution in [0.3, 0.4) is 0 Å². The molecule has 4 nitrogen and oxygen atoms in total. The molecule has 0 aliphatic carbocycles. The molecule has 4 heteroatoms. The first-order valence-electron chi connectivity index (χ1n) is 6.41. The van der Waals surface area contributed by atoms with Gasteiger partial charge >= 0.3 is 0 Å². The molecule has 1 aromatic heterocycles. The lowest BCUT2D eigenvalue weighted by molar-refractivity contribution is -0.123. The highest BCUT2D eigenvalue weighted by Gasteiger charge is 2.21. The van der Waals surface area contributed by atoms with E-state index >= 15 is 0 Å². The quantitative estimate of drug-likeness (QED) is 0.892. The third-order valence-electron chi connectivity index (χ3n) is 2.77. The van der Waals surface area contributed by atoms with Crippen molar-refractivity contribution in [3.63, 3.8) is 0 Å². The molecule has 0 bridgehead atoms. The van der Waals surface area contributed by atoms with Gasteiger partial charge in [0.15, 0.2) is 0 Å². The SMILES string of the molecule is CCN(CC)c1ccc(NC(=O)C(C)(C)C)cn1. The fourth-order valence-electron chi connectivity index (χ4n) is 1.51. The van der Waals surface area contributed by atoms with E-state index in [1.54, 1.807) is 6.20 Å². The van der Waals surface area contributed by atoms with Crippen LogP contribution in [0.5, 0.6) is 0 Å². The van der Waals surface area contributed by atoms with E-state index in [2.05, 4.69) is 29.0 Å². The summed E-state index contributed by atoms with van der Waals surface area (Å²) in [6, 6.07) is 3.83. The van der Waals surface area contributed by atoms with Crippen molar-refractivity contribution in [3.05, 3.63) is 18.3 Å². The van der Waals surface area contributed by atoms with Gasteiger partial charge in [0.05, 0.1) is 11.9 Å². The number of aromatic nitrogens is 1. The number of carbonyl (C=O) groups is 1. The predicted octanol–water partition coefficient (Wildman–Crippen LogP) is 2.91. The van der Waals surface area contributed by atoms with Crippen LogP contribution in [-0.4, -0.2) is 24.0 Å². The number of amides is 1. The first kappa shape index (κ1) is 14.5.